The Balaban J connectivity index is 1.68. The van der Waals surface area contributed by atoms with Gasteiger partial charge in [0.1, 0.15) is 5.82 Å². The van der Waals surface area contributed by atoms with E-state index in [1.54, 1.807) is 0 Å². The summed E-state index contributed by atoms with van der Waals surface area (Å²) in [5.74, 6) is 0.880. The lowest BCUT2D eigenvalue weighted by molar-refractivity contribution is 0.587. The Morgan fingerprint density at radius 3 is 2.37 bits per heavy atom. The summed E-state index contributed by atoms with van der Waals surface area (Å²) in [5, 5.41) is 3.35. The highest BCUT2D eigenvalue weighted by atomic mass is 15.2. The molecule has 98 valence electrons. The average Bonchev–Trinajstić information content (AvgIpc) is 2.50. The maximum Gasteiger partial charge on any atom is 0.132 e. The van der Waals surface area contributed by atoms with Gasteiger partial charge >= 0.3 is 0 Å². The Kier molecular flexibility index (Phi) is 3.70. The number of rotatable bonds is 3. The van der Waals surface area contributed by atoms with E-state index in [-0.39, 0.29) is 0 Å². The molecule has 1 aliphatic rings. The van der Waals surface area contributed by atoms with Gasteiger partial charge in [-0.05, 0) is 5.56 Å². The Bertz CT molecular complexity index is 503. The van der Waals surface area contributed by atoms with Gasteiger partial charge in [-0.1, -0.05) is 30.3 Å². The van der Waals surface area contributed by atoms with Crippen molar-refractivity contribution in [2.75, 3.05) is 31.1 Å². The molecule has 19 heavy (non-hydrogen) atoms. The van der Waals surface area contributed by atoms with E-state index in [1.165, 1.54) is 5.56 Å². The SMILES string of the molecule is c1ccc(Cc2ncc(N3CCNCC3)cn2)cc1. The summed E-state index contributed by atoms with van der Waals surface area (Å²) in [6, 6.07) is 10.3. The molecule has 0 amide bonds. The maximum atomic E-state index is 4.48. The molecule has 0 spiro atoms. The van der Waals surface area contributed by atoms with E-state index in [1.807, 2.05) is 30.6 Å². The van der Waals surface area contributed by atoms with Crippen molar-refractivity contribution in [3.63, 3.8) is 0 Å². The Morgan fingerprint density at radius 1 is 1.00 bits per heavy atom. The van der Waals surface area contributed by atoms with Crippen LogP contribution in [0.4, 0.5) is 5.69 Å². The smallest absolute Gasteiger partial charge is 0.132 e. The van der Waals surface area contributed by atoms with Crippen molar-refractivity contribution in [2.45, 2.75) is 6.42 Å². The van der Waals surface area contributed by atoms with Crippen molar-refractivity contribution in [1.29, 1.82) is 0 Å². The van der Waals surface area contributed by atoms with E-state index in [9.17, 15) is 0 Å². The molecule has 2 aromatic rings. The molecule has 1 fully saturated rings. The Morgan fingerprint density at radius 2 is 1.68 bits per heavy atom. The Hall–Kier alpha value is -1.94. The lowest BCUT2D eigenvalue weighted by Crippen LogP contribution is -2.43. The summed E-state index contributed by atoms with van der Waals surface area (Å²) < 4.78 is 0. The molecule has 3 rings (SSSR count). The number of hydrogen-bond donors (Lipinski definition) is 1. The first-order valence-corrected chi connectivity index (χ1v) is 6.72. The van der Waals surface area contributed by atoms with E-state index < -0.39 is 0 Å². The number of aromatic nitrogens is 2. The van der Waals surface area contributed by atoms with Crippen molar-refractivity contribution >= 4 is 5.69 Å². The quantitative estimate of drug-likeness (QED) is 0.900. The molecule has 4 heteroatoms. The third-order valence-corrected chi connectivity index (χ3v) is 3.38. The number of nitrogens with zero attached hydrogens (tertiary/aromatic N) is 3. The molecule has 0 saturated carbocycles. The van der Waals surface area contributed by atoms with Gasteiger partial charge in [-0.25, -0.2) is 9.97 Å². The first kappa shape index (κ1) is 12.1. The molecule has 0 aliphatic carbocycles. The lowest BCUT2D eigenvalue weighted by atomic mass is 10.1. The molecule has 2 heterocycles. The van der Waals surface area contributed by atoms with Crippen molar-refractivity contribution < 1.29 is 0 Å². The highest BCUT2D eigenvalue weighted by molar-refractivity contribution is 5.42. The second kappa shape index (κ2) is 5.80. The van der Waals surface area contributed by atoms with Crippen LogP contribution in [0.2, 0.25) is 0 Å². The van der Waals surface area contributed by atoms with Crippen molar-refractivity contribution in [3.8, 4) is 0 Å². The van der Waals surface area contributed by atoms with Gasteiger partial charge in [0.25, 0.3) is 0 Å². The van der Waals surface area contributed by atoms with Crippen LogP contribution in [-0.2, 0) is 6.42 Å². The van der Waals surface area contributed by atoms with Gasteiger partial charge in [0, 0.05) is 32.6 Å². The molecule has 1 aromatic carbocycles. The van der Waals surface area contributed by atoms with Crippen molar-refractivity contribution in [3.05, 3.63) is 54.1 Å². The van der Waals surface area contributed by atoms with Gasteiger partial charge in [0.2, 0.25) is 0 Å². The van der Waals surface area contributed by atoms with Crippen LogP contribution in [0.3, 0.4) is 0 Å². The number of piperazine rings is 1. The fourth-order valence-electron chi connectivity index (χ4n) is 2.30. The fraction of sp³-hybridized carbons (Fsp3) is 0.333. The van der Waals surface area contributed by atoms with E-state index in [0.717, 1.165) is 44.1 Å². The zero-order valence-corrected chi connectivity index (χ0v) is 10.9. The molecule has 1 N–H and O–H groups in total. The van der Waals surface area contributed by atoms with E-state index in [0.29, 0.717) is 0 Å². The summed E-state index contributed by atoms with van der Waals surface area (Å²) in [6.07, 6.45) is 4.68. The van der Waals surface area contributed by atoms with Crippen LogP contribution >= 0.6 is 0 Å². The highest BCUT2D eigenvalue weighted by Crippen LogP contribution is 2.13. The van der Waals surface area contributed by atoms with Gasteiger partial charge in [-0.3, -0.25) is 0 Å². The number of anilines is 1. The maximum absolute atomic E-state index is 4.48. The van der Waals surface area contributed by atoms with Gasteiger partial charge in [-0.15, -0.1) is 0 Å². The number of nitrogens with one attached hydrogen (secondary N) is 1. The monoisotopic (exact) mass is 254 g/mol. The lowest BCUT2D eigenvalue weighted by Gasteiger charge is -2.28. The van der Waals surface area contributed by atoms with Crippen LogP contribution in [0, 0.1) is 0 Å². The topological polar surface area (TPSA) is 41.1 Å². The van der Waals surface area contributed by atoms with E-state index in [2.05, 4.69) is 32.3 Å². The minimum Gasteiger partial charge on any atom is -0.366 e. The summed E-state index contributed by atoms with van der Waals surface area (Å²) in [4.78, 5) is 11.3. The third-order valence-electron chi connectivity index (χ3n) is 3.38. The van der Waals surface area contributed by atoms with Crippen molar-refractivity contribution in [2.24, 2.45) is 0 Å². The predicted molar refractivity (Wildman–Crippen MR) is 76.4 cm³/mol. The molecule has 1 aromatic heterocycles. The molecule has 0 bridgehead atoms. The molecular formula is C15H18N4. The summed E-state index contributed by atoms with van der Waals surface area (Å²) >= 11 is 0. The van der Waals surface area contributed by atoms with Gasteiger partial charge in [0.15, 0.2) is 0 Å². The van der Waals surface area contributed by atoms with Gasteiger partial charge < -0.3 is 10.2 Å². The van der Waals surface area contributed by atoms with E-state index >= 15 is 0 Å². The second-order valence-corrected chi connectivity index (χ2v) is 4.76. The van der Waals surface area contributed by atoms with Crippen molar-refractivity contribution in [1.82, 2.24) is 15.3 Å². The molecule has 0 atom stereocenters. The minimum absolute atomic E-state index is 0.794. The van der Waals surface area contributed by atoms with E-state index in [4.69, 9.17) is 0 Å². The Labute approximate surface area is 113 Å². The van der Waals surface area contributed by atoms with Crippen LogP contribution in [0.5, 0.6) is 0 Å². The van der Waals surface area contributed by atoms with Gasteiger partial charge in [0.05, 0.1) is 18.1 Å². The molecular weight excluding hydrogens is 236 g/mol. The normalized spacial score (nSPS) is 15.5. The zero-order valence-electron chi connectivity index (χ0n) is 10.9. The van der Waals surface area contributed by atoms with Crippen LogP contribution in [0.25, 0.3) is 0 Å². The summed E-state index contributed by atoms with van der Waals surface area (Å²) in [5.41, 5.74) is 2.37. The second-order valence-electron chi connectivity index (χ2n) is 4.76. The standard InChI is InChI=1S/C15H18N4/c1-2-4-13(5-3-1)10-15-17-11-14(12-18-15)19-8-6-16-7-9-19/h1-5,11-12,16H,6-10H2. The largest absolute Gasteiger partial charge is 0.366 e. The van der Waals surface area contributed by atoms with Gasteiger partial charge in [-0.2, -0.15) is 0 Å². The summed E-state index contributed by atoms with van der Waals surface area (Å²) in [7, 11) is 0. The summed E-state index contributed by atoms with van der Waals surface area (Å²) in [6.45, 7) is 4.13. The molecule has 1 aliphatic heterocycles. The first-order chi connectivity index (χ1) is 9.42. The molecule has 0 unspecified atom stereocenters. The molecule has 1 saturated heterocycles. The number of hydrogen-bond acceptors (Lipinski definition) is 4. The first-order valence-electron chi connectivity index (χ1n) is 6.72. The highest BCUT2D eigenvalue weighted by Gasteiger charge is 2.11. The van der Waals surface area contributed by atoms with Crippen LogP contribution < -0.4 is 10.2 Å². The number of benzene rings is 1. The minimum atomic E-state index is 0.794. The molecule has 4 nitrogen and oxygen atoms in total. The third kappa shape index (κ3) is 3.09. The molecule has 0 radical (unpaired) electrons. The predicted octanol–water partition coefficient (Wildman–Crippen LogP) is 1.48. The van der Waals surface area contributed by atoms with Crippen LogP contribution in [0.1, 0.15) is 11.4 Å². The zero-order chi connectivity index (χ0) is 12.9. The van der Waals surface area contributed by atoms with Crippen LogP contribution in [-0.4, -0.2) is 36.1 Å². The van der Waals surface area contributed by atoms with Crippen LogP contribution in [0.15, 0.2) is 42.7 Å². The fourth-order valence-corrected chi connectivity index (χ4v) is 2.30. The average molecular weight is 254 g/mol.